The van der Waals surface area contributed by atoms with Crippen LogP contribution in [0.15, 0.2) is 97.2 Å². The molecule has 0 aromatic carbocycles. The summed E-state index contributed by atoms with van der Waals surface area (Å²) in [7, 11) is 0. The lowest BCUT2D eigenvalue weighted by molar-refractivity contribution is -0.150. The van der Waals surface area contributed by atoms with Crippen LogP contribution >= 0.6 is 0 Å². The van der Waals surface area contributed by atoms with E-state index in [1.807, 2.05) is 54.7 Å². The van der Waals surface area contributed by atoms with E-state index in [0.29, 0.717) is 19.3 Å². The van der Waals surface area contributed by atoms with E-state index in [9.17, 15) is 19.8 Å². The average Bonchev–Trinajstić information content (AvgIpc) is 3.31. The Morgan fingerprint density at radius 1 is 0.485 bits per heavy atom. The highest BCUT2D eigenvalue weighted by atomic mass is 16.5. The Kier molecular flexibility index (Phi) is 50.2. The number of aliphatic hydroxyl groups excluding tert-OH is 2. The average molecular weight is 918 g/mol. The molecule has 0 fully saturated rings. The Hall–Kier alpha value is -3.22. The SMILES string of the molecule is CC/C=C/C=C/C=C\C=C/C=C/CC(CC(=O)NC(CO)C(O)CCCCCCCCCCCCCCCCCCC)OC(=O)CCCCCCCC/C=C\C/C=C\C/C=C\CCCCC. The first kappa shape index (κ1) is 62.8. The predicted molar refractivity (Wildman–Crippen MR) is 287 cm³/mol. The standard InChI is InChI=1S/C60H103NO5/c1-4-7-10-13-16-19-22-24-26-28-29-31-33-35-38-41-44-47-50-53-60(65)66-56(51-48-45-42-39-36-21-18-15-12-9-6-3)54-59(64)61-57(55-62)58(63)52-49-46-43-40-37-34-32-30-27-25-23-20-17-14-11-8-5-2/h9,12,15-16,18-19,21,24,26,29,31,36,39,42,45,48,56-58,62-63H,4-8,10-11,13-14,17,20,22-23,25,27-28,30,32-35,37-38,40-41,43-44,46-47,49-55H2,1-3H3,(H,61,64)/b12-9+,18-15+,19-16-,26-24-,31-29-,36-21-,42-39-,48-45+. The predicted octanol–water partition coefficient (Wildman–Crippen LogP) is 16.9. The molecular weight excluding hydrogens is 815 g/mol. The first-order valence-corrected chi connectivity index (χ1v) is 27.5. The number of amides is 1. The summed E-state index contributed by atoms with van der Waals surface area (Å²) in [5.74, 6) is -0.625. The molecule has 0 bridgehead atoms. The van der Waals surface area contributed by atoms with Gasteiger partial charge in [0, 0.05) is 12.8 Å². The van der Waals surface area contributed by atoms with Gasteiger partial charge in [0.2, 0.25) is 5.91 Å². The van der Waals surface area contributed by atoms with E-state index >= 15 is 0 Å². The van der Waals surface area contributed by atoms with Crippen LogP contribution in [-0.2, 0) is 14.3 Å². The molecule has 0 rings (SSSR count). The fraction of sp³-hybridized carbons (Fsp3) is 0.700. The number of carbonyl (C=O) groups is 2. The zero-order chi connectivity index (χ0) is 48.1. The lowest BCUT2D eigenvalue weighted by Crippen LogP contribution is -2.46. The maximum absolute atomic E-state index is 13.2. The molecule has 0 saturated carbocycles. The summed E-state index contributed by atoms with van der Waals surface area (Å²) in [6.07, 6.45) is 70.7. The molecule has 378 valence electrons. The molecule has 0 aliphatic heterocycles. The molecule has 6 heteroatoms. The van der Waals surface area contributed by atoms with E-state index in [1.54, 1.807) is 0 Å². The number of esters is 1. The van der Waals surface area contributed by atoms with Crippen LogP contribution in [0, 0.1) is 0 Å². The molecule has 0 saturated heterocycles. The minimum absolute atomic E-state index is 0.0284. The summed E-state index contributed by atoms with van der Waals surface area (Å²) in [5, 5.41) is 23.8. The molecule has 3 unspecified atom stereocenters. The number of ether oxygens (including phenoxy) is 1. The molecule has 66 heavy (non-hydrogen) atoms. The summed E-state index contributed by atoms with van der Waals surface area (Å²) < 4.78 is 5.85. The number of unbranched alkanes of at least 4 members (excludes halogenated alkanes) is 25. The van der Waals surface area contributed by atoms with E-state index in [-0.39, 0.29) is 24.9 Å². The number of hydrogen-bond donors (Lipinski definition) is 3. The van der Waals surface area contributed by atoms with Gasteiger partial charge in [-0.2, -0.15) is 0 Å². The van der Waals surface area contributed by atoms with Crippen molar-refractivity contribution in [3.8, 4) is 0 Å². The Morgan fingerprint density at radius 2 is 0.894 bits per heavy atom. The van der Waals surface area contributed by atoms with E-state index in [0.717, 1.165) is 70.6 Å². The van der Waals surface area contributed by atoms with Crippen molar-refractivity contribution in [2.75, 3.05) is 6.61 Å². The van der Waals surface area contributed by atoms with Crippen LogP contribution in [0.2, 0.25) is 0 Å². The highest BCUT2D eigenvalue weighted by molar-refractivity contribution is 5.77. The molecule has 0 aromatic rings. The van der Waals surface area contributed by atoms with Crippen LogP contribution in [-0.4, -0.2) is 46.9 Å². The van der Waals surface area contributed by atoms with E-state index < -0.39 is 18.2 Å². The first-order valence-electron chi connectivity index (χ1n) is 27.5. The Bertz CT molecular complexity index is 1310. The van der Waals surface area contributed by atoms with Gasteiger partial charge in [0.1, 0.15) is 6.10 Å². The van der Waals surface area contributed by atoms with Crippen molar-refractivity contribution < 1.29 is 24.5 Å². The molecule has 1 amide bonds. The first-order chi connectivity index (χ1) is 32.5. The minimum Gasteiger partial charge on any atom is -0.461 e. The normalized spacial score (nSPS) is 14.0. The molecule has 6 nitrogen and oxygen atoms in total. The molecule has 3 N–H and O–H groups in total. The third-order valence-corrected chi connectivity index (χ3v) is 12.0. The second-order valence-electron chi connectivity index (χ2n) is 18.4. The zero-order valence-electron chi connectivity index (χ0n) is 43.0. The van der Waals surface area contributed by atoms with Gasteiger partial charge in [-0.25, -0.2) is 0 Å². The van der Waals surface area contributed by atoms with Crippen molar-refractivity contribution in [2.24, 2.45) is 0 Å². The van der Waals surface area contributed by atoms with Crippen molar-refractivity contribution in [1.82, 2.24) is 5.32 Å². The van der Waals surface area contributed by atoms with Crippen molar-refractivity contribution in [2.45, 2.75) is 264 Å². The van der Waals surface area contributed by atoms with Gasteiger partial charge >= 0.3 is 5.97 Å². The smallest absolute Gasteiger partial charge is 0.306 e. The van der Waals surface area contributed by atoms with Gasteiger partial charge < -0.3 is 20.3 Å². The summed E-state index contributed by atoms with van der Waals surface area (Å²) in [5.41, 5.74) is 0. The van der Waals surface area contributed by atoms with Crippen LogP contribution in [0.5, 0.6) is 0 Å². The van der Waals surface area contributed by atoms with Crippen molar-refractivity contribution in [3.63, 3.8) is 0 Å². The second-order valence-corrected chi connectivity index (χ2v) is 18.4. The van der Waals surface area contributed by atoms with Crippen LogP contribution in [0.4, 0.5) is 0 Å². The number of rotatable bonds is 48. The second kappa shape index (κ2) is 52.7. The van der Waals surface area contributed by atoms with Crippen LogP contribution in [0.3, 0.4) is 0 Å². The van der Waals surface area contributed by atoms with Gasteiger partial charge in [0.05, 0.1) is 25.2 Å². The van der Waals surface area contributed by atoms with E-state index in [1.165, 1.54) is 128 Å². The van der Waals surface area contributed by atoms with Gasteiger partial charge in [-0.3, -0.25) is 9.59 Å². The molecule has 0 aliphatic carbocycles. The Labute approximate surface area is 407 Å². The highest BCUT2D eigenvalue weighted by Crippen LogP contribution is 2.17. The maximum Gasteiger partial charge on any atom is 0.306 e. The van der Waals surface area contributed by atoms with Crippen molar-refractivity contribution >= 4 is 11.9 Å². The third-order valence-electron chi connectivity index (χ3n) is 12.0. The Balaban J connectivity index is 4.59. The van der Waals surface area contributed by atoms with Crippen molar-refractivity contribution in [1.29, 1.82) is 0 Å². The molecule has 0 aliphatic rings. The molecule has 0 radical (unpaired) electrons. The van der Waals surface area contributed by atoms with Gasteiger partial charge in [0.15, 0.2) is 0 Å². The summed E-state index contributed by atoms with van der Waals surface area (Å²) in [6.45, 7) is 6.28. The largest absolute Gasteiger partial charge is 0.461 e. The Morgan fingerprint density at radius 3 is 1.39 bits per heavy atom. The van der Waals surface area contributed by atoms with Crippen LogP contribution < -0.4 is 5.32 Å². The minimum atomic E-state index is -0.826. The summed E-state index contributed by atoms with van der Waals surface area (Å²) >= 11 is 0. The maximum atomic E-state index is 13.2. The molecule has 0 heterocycles. The lowest BCUT2D eigenvalue weighted by Gasteiger charge is -2.24. The quantitative estimate of drug-likeness (QED) is 0.0245. The van der Waals surface area contributed by atoms with Gasteiger partial charge in [-0.05, 0) is 57.8 Å². The molecule has 3 atom stereocenters. The number of aliphatic hydroxyl groups is 2. The summed E-state index contributed by atoms with van der Waals surface area (Å²) in [6, 6.07) is -0.748. The van der Waals surface area contributed by atoms with Gasteiger partial charge in [-0.15, -0.1) is 0 Å². The number of nitrogens with one attached hydrogen (secondary N) is 1. The molecule has 0 spiro atoms. The number of allylic oxidation sites excluding steroid dienone is 15. The molecular formula is C60H103NO5. The van der Waals surface area contributed by atoms with Gasteiger partial charge in [-0.1, -0.05) is 266 Å². The van der Waals surface area contributed by atoms with Crippen LogP contribution in [0.1, 0.15) is 245 Å². The van der Waals surface area contributed by atoms with E-state index in [2.05, 4.69) is 68.6 Å². The van der Waals surface area contributed by atoms with Gasteiger partial charge in [0.25, 0.3) is 0 Å². The summed E-state index contributed by atoms with van der Waals surface area (Å²) in [4.78, 5) is 26.1. The topological polar surface area (TPSA) is 95.9 Å². The molecule has 0 aromatic heterocycles. The van der Waals surface area contributed by atoms with Crippen molar-refractivity contribution in [3.05, 3.63) is 97.2 Å². The zero-order valence-corrected chi connectivity index (χ0v) is 43.0. The fourth-order valence-electron chi connectivity index (χ4n) is 7.87. The highest BCUT2D eigenvalue weighted by Gasteiger charge is 2.23. The third kappa shape index (κ3) is 47.3. The number of carbonyl (C=O) groups excluding carboxylic acids is 2. The van der Waals surface area contributed by atoms with Crippen LogP contribution in [0.25, 0.3) is 0 Å². The lowest BCUT2D eigenvalue weighted by atomic mass is 10.0. The van der Waals surface area contributed by atoms with E-state index in [4.69, 9.17) is 4.74 Å². The fourth-order valence-corrected chi connectivity index (χ4v) is 7.87. The number of hydrogen-bond acceptors (Lipinski definition) is 5. The monoisotopic (exact) mass is 918 g/mol.